The van der Waals surface area contributed by atoms with Gasteiger partial charge in [0, 0.05) is 13.1 Å². The third kappa shape index (κ3) is 5.32. The first-order chi connectivity index (χ1) is 7.93. The third-order valence-electron chi connectivity index (χ3n) is 2.03. The molecule has 0 spiro atoms. The van der Waals surface area contributed by atoms with Crippen molar-refractivity contribution >= 4 is 12.0 Å². The number of carbonyl (C=O) groups is 2. The van der Waals surface area contributed by atoms with Crippen LogP contribution in [0.2, 0.25) is 0 Å². The Morgan fingerprint density at radius 3 is 2.47 bits per heavy atom. The first kappa shape index (κ1) is 15.4. The molecule has 0 unspecified atom stereocenters. The van der Waals surface area contributed by atoms with E-state index in [0.717, 1.165) is 0 Å². The summed E-state index contributed by atoms with van der Waals surface area (Å²) in [6, 6.07) is -2.05. The second-order valence-corrected chi connectivity index (χ2v) is 3.46. The maximum absolute atomic E-state index is 11.6. The second-order valence-electron chi connectivity index (χ2n) is 3.46. The highest BCUT2D eigenvalue weighted by Gasteiger charge is 2.26. The SMILES string of the molecule is C=CCN(CCO)C(=O)N[C@H](C(=O)O)[C@@H](C)O. The van der Waals surface area contributed by atoms with Crippen molar-refractivity contribution in [1.29, 1.82) is 0 Å². The van der Waals surface area contributed by atoms with Gasteiger partial charge in [-0.15, -0.1) is 6.58 Å². The van der Waals surface area contributed by atoms with E-state index in [2.05, 4.69) is 11.9 Å². The van der Waals surface area contributed by atoms with Crippen LogP contribution in [-0.4, -0.2) is 64.1 Å². The van der Waals surface area contributed by atoms with Crippen LogP contribution in [-0.2, 0) is 4.79 Å². The van der Waals surface area contributed by atoms with Gasteiger partial charge >= 0.3 is 12.0 Å². The minimum absolute atomic E-state index is 0.0595. The Bertz CT molecular complexity index is 280. The van der Waals surface area contributed by atoms with Crippen molar-refractivity contribution in [3.63, 3.8) is 0 Å². The molecular formula is C10H18N2O5. The molecule has 0 aromatic rings. The molecule has 0 aliphatic heterocycles. The van der Waals surface area contributed by atoms with Crippen molar-refractivity contribution in [3.8, 4) is 0 Å². The van der Waals surface area contributed by atoms with E-state index in [1.807, 2.05) is 0 Å². The average molecular weight is 246 g/mol. The molecule has 0 fully saturated rings. The van der Waals surface area contributed by atoms with E-state index in [9.17, 15) is 14.7 Å². The highest BCUT2D eigenvalue weighted by molar-refractivity contribution is 5.83. The van der Waals surface area contributed by atoms with Crippen LogP contribution < -0.4 is 5.32 Å². The van der Waals surface area contributed by atoms with Gasteiger partial charge in [-0.25, -0.2) is 9.59 Å². The van der Waals surface area contributed by atoms with Gasteiger partial charge in [0.05, 0.1) is 12.7 Å². The molecule has 0 aromatic carbocycles. The fourth-order valence-electron chi connectivity index (χ4n) is 1.17. The van der Waals surface area contributed by atoms with E-state index in [-0.39, 0.29) is 19.7 Å². The molecule has 0 bridgehead atoms. The minimum Gasteiger partial charge on any atom is -0.480 e. The molecule has 0 saturated heterocycles. The molecular weight excluding hydrogens is 228 g/mol. The Balaban J connectivity index is 4.55. The smallest absolute Gasteiger partial charge is 0.328 e. The zero-order chi connectivity index (χ0) is 13.4. The van der Waals surface area contributed by atoms with Crippen LogP contribution in [0.3, 0.4) is 0 Å². The fourth-order valence-corrected chi connectivity index (χ4v) is 1.17. The van der Waals surface area contributed by atoms with Gasteiger partial charge in [-0.1, -0.05) is 6.08 Å². The summed E-state index contributed by atoms with van der Waals surface area (Å²) in [6.07, 6.45) is 0.240. The number of carboxylic acid groups (broad SMARTS) is 1. The summed E-state index contributed by atoms with van der Waals surface area (Å²) in [6.45, 7) is 4.71. The first-order valence-corrected chi connectivity index (χ1v) is 5.12. The number of aliphatic carboxylic acids is 1. The van der Waals surface area contributed by atoms with Crippen LogP contribution in [0, 0.1) is 0 Å². The number of nitrogens with zero attached hydrogens (tertiary/aromatic N) is 1. The number of carbonyl (C=O) groups excluding carboxylic acids is 1. The van der Waals surface area contributed by atoms with Crippen molar-refractivity contribution < 1.29 is 24.9 Å². The van der Waals surface area contributed by atoms with Gasteiger partial charge in [-0.3, -0.25) is 0 Å². The molecule has 0 aromatic heterocycles. The van der Waals surface area contributed by atoms with Crippen LogP contribution in [0.15, 0.2) is 12.7 Å². The van der Waals surface area contributed by atoms with E-state index in [1.165, 1.54) is 17.9 Å². The van der Waals surface area contributed by atoms with E-state index >= 15 is 0 Å². The number of carboxylic acids is 1. The lowest BCUT2D eigenvalue weighted by molar-refractivity contribution is -0.141. The topological polar surface area (TPSA) is 110 Å². The number of amides is 2. The van der Waals surface area contributed by atoms with E-state index in [1.54, 1.807) is 0 Å². The molecule has 7 heteroatoms. The number of rotatable bonds is 7. The van der Waals surface area contributed by atoms with Crippen LogP contribution in [0.1, 0.15) is 6.92 Å². The van der Waals surface area contributed by atoms with Gasteiger partial charge in [0.1, 0.15) is 0 Å². The van der Waals surface area contributed by atoms with Crippen molar-refractivity contribution in [2.75, 3.05) is 19.7 Å². The zero-order valence-electron chi connectivity index (χ0n) is 9.67. The highest BCUT2D eigenvalue weighted by atomic mass is 16.4. The molecule has 0 rings (SSSR count). The summed E-state index contributed by atoms with van der Waals surface area (Å²) in [7, 11) is 0. The summed E-state index contributed by atoms with van der Waals surface area (Å²) in [5.74, 6) is -1.32. The molecule has 0 heterocycles. The van der Waals surface area contributed by atoms with E-state index in [0.29, 0.717) is 0 Å². The molecule has 4 N–H and O–H groups in total. The maximum Gasteiger partial charge on any atom is 0.328 e. The highest BCUT2D eigenvalue weighted by Crippen LogP contribution is 1.97. The fraction of sp³-hybridized carbons (Fsp3) is 0.600. The molecule has 7 nitrogen and oxygen atoms in total. The second kappa shape index (κ2) is 7.64. The molecule has 98 valence electrons. The predicted molar refractivity (Wildman–Crippen MR) is 60.5 cm³/mol. The number of urea groups is 1. The number of hydrogen-bond donors (Lipinski definition) is 4. The summed E-state index contributed by atoms with van der Waals surface area (Å²) in [5.41, 5.74) is 0. The predicted octanol–water partition coefficient (Wildman–Crippen LogP) is -0.990. The molecule has 0 aliphatic carbocycles. The van der Waals surface area contributed by atoms with E-state index < -0.39 is 24.1 Å². The quantitative estimate of drug-likeness (QED) is 0.431. The van der Waals surface area contributed by atoms with Gasteiger partial charge in [0.25, 0.3) is 0 Å². The van der Waals surface area contributed by atoms with Crippen molar-refractivity contribution in [3.05, 3.63) is 12.7 Å². The third-order valence-corrected chi connectivity index (χ3v) is 2.03. The summed E-state index contributed by atoms with van der Waals surface area (Å²) < 4.78 is 0. The van der Waals surface area contributed by atoms with Crippen LogP contribution >= 0.6 is 0 Å². The molecule has 17 heavy (non-hydrogen) atoms. The lowest BCUT2D eigenvalue weighted by atomic mass is 10.2. The van der Waals surface area contributed by atoms with Crippen molar-refractivity contribution in [2.45, 2.75) is 19.1 Å². The minimum atomic E-state index is -1.38. The van der Waals surface area contributed by atoms with Crippen molar-refractivity contribution in [1.82, 2.24) is 10.2 Å². The lowest BCUT2D eigenvalue weighted by Crippen LogP contribution is -2.52. The Kier molecular flexibility index (Phi) is 6.92. The summed E-state index contributed by atoms with van der Waals surface area (Å²) in [4.78, 5) is 23.6. The standard InChI is InChI=1S/C10H18N2O5/c1-3-4-12(5-6-13)10(17)11-8(7(2)14)9(15)16/h3,7-8,13-14H,1,4-6H2,2H3,(H,11,17)(H,15,16)/t7-,8+/m1/s1. The molecule has 0 radical (unpaired) electrons. The van der Waals surface area contributed by atoms with E-state index in [4.69, 9.17) is 10.2 Å². The van der Waals surface area contributed by atoms with Crippen LogP contribution in [0.4, 0.5) is 4.79 Å². The normalized spacial score (nSPS) is 13.6. The number of aliphatic hydroxyl groups excluding tert-OH is 2. The number of hydrogen-bond acceptors (Lipinski definition) is 4. The molecule has 0 saturated carbocycles. The Labute approximate surface area is 99.3 Å². The van der Waals surface area contributed by atoms with Gasteiger partial charge in [-0.2, -0.15) is 0 Å². The van der Waals surface area contributed by atoms with Crippen molar-refractivity contribution in [2.24, 2.45) is 0 Å². The maximum atomic E-state index is 11.6. The Morgan fingerprint density at radius 1 is 1.53 bits per heavy atom. The largest absolute Gasteiger partial charge is 0.480 e. The van der Waals surface area contributed by atoms with Gasteiger partial charge < -0.3 is 25.5 Å². The lowest BCUT2D eigenvalue weighted by Gasteiger charge is -2.24. The summed E-state index contributed by atoms with van der Waals surface area (Å²) >= 11 is 0. The zero-order valence-corrected chi connectivity index (χ0v) is 9.67. The molecule has 2 atom stereocenters. The van der Waals surface area contributed by atoms with Crippen LogP contribution in [0.5, 0.6) is 0 Å². The number of aliphatic hydroxyl groups is 2. The monoisotopic (exact) mass is 246 g/mol. The van der Waals surface area contributed by atoms with Gasteiger partial charge in [0.2, 0.25) is 0 Å². The summed E-state index contributed by atoms with van der Waals surface area (Å²) in [5, 5.41) is 28.9. The molecule has 2 amide bonds. The van der Waals surface area contributed by atoms with Gasteiger partial charge in [-0.05, 0) is 6.92 Å². The Hall–Kier alpha value is -1.60. The average Bonchev–Trinajstić information content (AvgIpc) is 2.24. The van der Waals surface area contributed by atoms with Crippen LogP contribution in [0.25, 0.3) is 0 Å². The number of nitrogens with one attached hydrogen (secondary N) is 1. The first-order valence-electron chi connectivity index (χ1n) is 5.12. The van der Waals surface area contributed by atoms with Gasteiger partial charge in [0.15, 0.2) is 6.04 Å². The Morgan fingerprint density at radius 2 is 2.12 bits per heavy atom. The molecule has 0 aliphatic rings.